The highest BCUT2D eigenvalue weighted by Crippen LogP contribution is 2.27. The second-order valence-corrected chi connectivity index (χ2v) is 6.85. The van der Waals surface area contributed by atoms with Crippen molar-refractivity contribution in [2.24, 2.45) is 0 Å². The van der Waals surface area contributed by atoms with E-state index in [0.29, 0.717) is 24.4 Å². The molecule has 0 aliphatic carbocycles. The molecule has 0 aliphatic rings. The van der Waals surface area contributed by atoms with Gasteiger partial charge in [0.15, 0.2) is 5.82 Å². The van der Waals surface area contributed by atoms with Crippen LogP contribution < -0.4 is 10.6 Å². The molecule has 25 heavy (non-hydrogen) atoms. The summed E-state index contributed by atoms with van der Waals surface area (Å²) in [4.78, 5) is 24.2. The van der Waals surface area contributed by atoms with Crippen LogP contribution in [-0.4, -0.2) is 23.0 Å². The Morgan fingerprint density at radius 3 is 2.52 bits per heavy atom. The Morgan fingerprint density at radius 1 is 1.24 bits per heavy atom. The molecule has 0 aliphatic heterocycles. The first kappa shape index (κ1) is 18.7. The summed E-state index contributed by atoms with van der Waals surface area (Å²) in [6.45, 7) is 7.60. The Morgan fingerprint density at radius 2 is 1.92 bits per heavy atom. The molecule has 0 fully saturated rings. The molecule has 0 saturated heterocycles. The number of benzene rings is 1. The van der Waals surface area contributed by atoms with Crippen LogP contribution in [0.25, 0.3) is 0 Å². The highest BCUT2D eigenvalue weighted by molar-refractivity contribution is 5.96. The molecule has 1 aromatic heterocycles. The van der Waals surface area contributed by atoms with Gasteiger partial charge in [0.25, 0.3) is 0 Å². The zero-order valence-corrected chi connectivity index (χ0v) is 15.1. The van der Waals surface area contributed by atoms with Crippen molar-refractivity contribution in [3.05, 3.63) is 47.7 Å². The molecule has 2 N–H and O–H groups in total. The van der Waals surface area contributed by atoms with Crippen molar-refractivity contribution in [3.8, 4) is 0 Å². The number of anilines is 1. The zero-order chi connectivity index (χ0) is 18.4. The minimum Gasteiger partial charge on any atom is -0.360 e. The molecule has 0 spiro atoms. The summed E-state index contributed by atoms with van der Waals surface area (Å²) in [6.07, 6.45) is 1.04. The third-order valence-corrected chi connectivity index (χ3v) is 4.18. The predicted molar refractivity (Wildman–Crippen MR) is 96.2 cm³/mol. The second-order valence-electron chi connectivity index (χ2n) is 6.85. The summed E-state index contributed by atoms with van der Waals surface area (Å²) < 4.78 is 4.89. The van der Waals surface area contributed by atoms with Crippen molar-refractivity contribution >= 4 is 17.6 Å². The maximum atomic E-state index is 12.2. The van der Waals surface area contributed by atoms with Gasteiger partial charge < -0.3 is 15.2 Å². The highest BCUT2D eigenvalue weighted by atomic mass is 16.5. The van der Waals surface area contributed by atoms with Crippen molar-refractivity contribution in [1.29, 1.82) is 0 Å². The van der Waals surface area contributed by atoms with Crippen LogP contribution in [-0.2, 0) is 15.0 Å². The fourth-order valence-corrected chi connectivity index (χ4v) is 2.50. The molecule has 0 unspecified atom stereocenters. The normalized spacial score (nSPS) is 12.5. The maximum Gasteiger partial charge on any atom is 0.247 e. The van der Waals surface area contributed by atoms with E-state index >= 15 is 0 Å². The van der Waals surface area contributed by atoms with E-state index in [1.807, 2.05) is 18.2 Å². The number of aryl methyl sites for hydroxylation is 1. The molecule has 134 valence electrons. The van der Waals surface area contributed by atoms with Crippen molar-refractivity contribution in [2.45, 2.75) is 52.0 Å². The Balaban J connectivity index is 1.82. The molecule has 6 heteroatoms. The molecule has 0 radical (unpaired) electrons. The third-order valence-electron chi connectivity index (χ3n) is 4.18. The van der Waals surface area contributed by atoms with Gasteiger partial charge in [0, 0.05) is 12.5 Å². The molecule has 1 heterocycles. The number of hydrogen-bond donors (Lipinski definition) is 2. The predicted octanol–water partition coefficient (Wildman–Crippen LogP) is 3.18. The summed E-state index contributed by atoms with van der Waals surface area (Å²) >= 11 is 0. The lowest BCUT2D eigenvalue weighted by molar-refractivity contribution is -0.126. The van der Waals surface area contributed by atoms with E-state index in [4.69, 9.17) is 4.52 Å². The van der Waals surface area contributed by atoms with Gasteiger partial charge in [0.1, 0.15) is 11.8 Å². The number of nitrogens with one attached hydrogen (secondary N) is 2. The summed E-state index contributed by atoms with van der Waals surface area (Å²) in [5.74, 6) is 0.468. The van der Waals surface area contributed by atoms with Crippen LogP contribution in [0.3, 0.4) is 0 Å². The third kappa shape index (κ3) is 5.45. The number of carbonyl (C=O) groups is 2. The van der Waals surface area contributed by atoms with Gasteiger partial charge in [0.2, 0.25) is 11.8 Å². The van der Waals surface area contributed by atoms with Crippen LogP contribution in [0.5, 0.6) is 0 Å². The number of aromatic nitrogens is 1. The van der Waals surface area contributed by atoms with Crippen LogP contribution in [0, 0.1) is 6.92 Å². The van der Waals surface area contributed by atoms with Gasteiger partial charge in [-0.1, -0.05) is 49.3 Å². The first-order valence-electron chi connectivity index (χ1n) is 8.37. The molecule has 6 nitrogen and oxygen atoms in total. The standard InChI is InChI=1S/C19H25N3O3/c1-13-12-16(22-25-13)21-18(24)14(2)20-17(23)10-11-19(3,4)15-8-6-5-7-9-15/h5-9,12,14H,10-11H2,1-4H3,(H,20,23)(H,21,22,24)/t14-/m1/s1. The fourth-order valence-electron chi connectivity index (χ4n) is 2.50. The summed E-state index contributed by atoms with van der Waals surface area (Å²) in [6, 6.07) is 11.1. The van der Waals surface area contributed by atoms with Crippen LogP contribution >= 0.6 is 0 Å². The minimum absolute atomic E-state index is 0.109. The molecule has 2 aromatic rings. The molecule has 2 rings (SSSR count). The van der Waals surface area contributed by atoms with Crippen LogP contribution in [0.1, 0.15) is 44.9 Å². The topological polar surface area (TPSA) is 84.2 Å². The van der Waals surface area contributed by atoms with Gasteiger partial charge in [-0.2, -0.15) is 0 Å². The smallest absolute Gasteiger partial charge is 0.247 e. The van der Waals surface area contributed by atoms with E-state index in [-0.39, 0.29) is 17.2 Å². The molecular formula is C19H25N3O3. The highest BCUT2D eigenvalue weighted by Gasteiger charge is 2.23. The molecular weight excluding hydrogens is 318 g/mol. The van der Waals surface area contributed by atoms with Crippen molar-refractivity contribution in [3.63, 3.8) is 0 Å². The van der Waals surface area contributed by atoms with Gasteiger partial charge in [-0.25, -0.2) is 0 Å². The minimum atomic E-state index is -0.649. The molecule has 0 saturated carbocycles. The molecule has 1 atom stereocenters. The summed E-state index contributed by atoms with van der Waals surface area (Å²) in [5.41, 5.74) is 1.08. The summed E-state index contributed by atoms with van der Waals surface area (Å²) in [7, 11) is 0. The first-order valence-corrected chi connectivity index (χ1v) is 8.37. The monoisotopic (exact) mass is 343 g/mol. The quantitative estimate of drug-likeness (QED) is 0.808. The fraction of sp³-hybridized carbons (Fsp3) is 0.421. The van der Waals surface area contributed by atoms with E-state index < -0.39 is 6.04 Å². The van der Waals surface area contributed by atoms with Gasteiger partial charge in [-0.05, 0) is 31.2 Å². The SMILES string of the molecule is Cc1cc(NC(=O)[C@@H](C)NC(=O)CCC(C)(C)c2ccccc2)no1. The van der Waals surface area contributed by atoms with Crippen LogP contribution in [0.2, 0.25) is 0 Å². The lowest BCUT2D eigenvalue weighted by Gasteiger charge is -2.25. The number of carbonyl (C=O) groups excluding carboxylic acids is 2. The zero-order valence-electron chi connectivity index (χ0n) is 15.1. The Labute approximate surface area is 148 Å². The number of nitrogens with zero attached hydrogens (tertiary/aromatic N) is 1. The van der Waals surface area contributed by atoms with E-state index in [2.05, 4.69) is 41.8 Å². The Hall–Kier alpha value is -2.63. The average molecular weight is 343 g/mol. The second kappa shape index (κ2) is 7.96. The molecule has 1 aromatic carbocycles. The van der Waals surface area contributed by atoms with Crippen molar-refractivity contribution in [1.82, 2.24) is 10.5 Å². The van der Waals surface area contributed by atoms with Gasteiger partial charge in [0.05, 0.1) is 0 Å². The van der Waals surface area contributed by atoms with E-state index in [1.54, 1.807) is 19.9 Å². The largest absolute Gasteiger partial charge is 0.360 e. The van der Waals surface area contributed by atoms with Gasteiger partial charge in [-0.15, -0.1) is 0 Å². The maximum absolute atomic E-state index is 12.2. The van der Waals surface area contributed by atoms with Crippen LogP contribution in [0.15, 0.2) is 40.9 Å². The Bertz CT molecular complexity index is 723. The number of amides is 2. The number of hydrogen-bond acceptors (Lipinski definition) is 4. The average Bonchev–Trinajstić information content (AvgIpc) is 2.98. The lowest BCUT2D eigenvalue weighted by Crippen LogP contribution is -2.42. The lowest BCUT2D eigenvalue weighted by atomic mass is 9.80. The van der Waals surface area contributed by atoms with Gasteiger partial charge >= 0.3 is 0 Å². The van der Waals surface area contributed by atoms with Crippen LogP contribution in [0.4, 0.5) is 5.82 Å². The molecule has 2 amide bonds. The van der Waals surface area contributed by atoms with Gasteiger partial charge in [-0.3, -0.25) is 9.59 Å². The van der Waals surface area contributed by atoms with E-state index in [9.17, 15) is 9.59 Å². The molecule has 0 bridgehead atoms. The van der Waals surface area contributed by atoms with Crippen molar-refractivity contribution in [2.75, 3.05) is 5.32 Å². The first-order chi connectivity index (χ1) is 11.8. The summed E-state index contributed by atoms with van der Waals surface area (Å²) in [5, 5.41) is 9.03. The number of rotatable bonds is 7. The van der Waals surface area contributed by atoms with E-state index in [0.717, 1.165) is 0 Å². The Kier molecular flexibility index (Phi) is 5.96. The van der Waals surface area contributed by atoms with Crippen molar-refractivity contribution < 1.29 is 14.1 Å². The van der Waals surface area contributed by atoms with E-state index in [1.165, 1.54) is 5.56 Å².